The molecule has 1 atom stereocenters. The fraction of sp³-hybridized carbons (Fsp3) is 0.857. The Morgan fingerprint density at radius 1 is 1.36 bits per heavy atom. The highest BCUT2D eigenvalue weighted by atomic mass is 15.3. The molecule has 0 heterocycles. The van der Waals surface area contributed by atoms with Gasteiger partial charge in [0.1, 0.15) is 0 Å². The summed E-state index contributed by atoms with van der Waals surface area (Å²) in [7, 11) is 1.69. The van der Waals surface area contributed by atoms with Gasteiger partial charge in [0.25, 0.3) is 0 Å². The van der Waals surface area contributed by atoms with Crippen LogP contribution in [0.5, 0.6) is 0 Å². The molecule has 0 aliphatic rings. The topological polar surface area (TPSA) is 62.4 Å². The number of guanidine groups is 1. The van der Waals surface area contributed by atoms with Gasteiger partial charge in [0.15, 0.2) is 0 Å². The second kappa shape index (κ2) is 4.96. The minimum Gasteiger partial charge on any atom is -0.353 e. The van der Waals surface area contributed by atoms with E-state index >= 15 is 0 Å². The van der Waals surface area contributed by atoms with Crippen molar-refractivity contribution in [3.63, 3.8) is 0 Å². The molecule has 11 heavy (non-hydrogen) atoms. The van der Waals surface area contributed by atoms with E-state index in [-0.39, 0.29) is 0 Å². The van der Waals surface area contributed by atoms with E-state index in [1.165, 1.54) is 0 Å². The van der Waals surface area contributed by atoms with E-state index in [4.69, 9.17) is 5.84 Å². The van der Waals surface area contributed by atoms with E-state index in [1.54, 1.807) is 7.05 Å². The summed E-state index contributed by atoms with van der Waals surface area (Å²) in [5, 5.41) is 3.13. The third-order valence-electron chi connectivity index (χ3n) is 1.72. The van der Waals surface area contributed by atoms with Gasteiger partial charge < -0.3 is 5.32 Å². The molecule has 0 aromatic heterocycles. The normalized spacial score (nSPS) is 14.9. The van der Waals surface area contributed by atoms with Crippen molar-refractivity contribution in [2.24, 2.45) is 16.8 Å². The van der Waals surface area contributed by atoms with Crippen molar-refractivity contribution in [2.45, 2.75) is 26.8 Å². The number of aliphatic imine (C=N–C) groups is 1. The van der Waals surface area contributed by atoms with Crippen LogP contribution in [-0.2, 0) is 0 Å². The SMILES string of the molecule is CN=C(NN)NC(C)C(C)C. The molecule has 0 fully saturated rings. The molecular weight excluding hydrogens is 140 g/mol. The second-order valence-electron chi connectivity index (χ2n) is 2.89. The monoisotopic (exact) mass is 158 g/mol. The molecule has 0 saturated heterocycles. The highest BCUT2D eigenvalue weighted by Crippen LogP contribution is 1.98. The molecule has 4 heteroatoms. The van der Waals surface area contributed by atoms with Crippen molar-refractivity contribution in [2.75, 3.05) is 7.05 Å². The molecule has 0 amide bonds. The molecule has 0 aromatic carbocycles. The molecular formula is C7H18N4. The third kappa shape index (κ3) is 3.83. The predicted octanol–water partition coefficient (Wildman–Crippen LogP) is 0.0696. The lowest BCUT2D eigenvalue weighted by atomic mass is 10.1. The summed E-state index contributed by atoms with van der Waals surface area (Å²) >= 11 is 0. The summed E-state index contributed by atoms with van der Waals surface area (Å²) in [6.45, 7) is 6.37. The van der Waals surface area contributed by atoms with E-state index in [1.807, 2.05) is 0 Å². The summed E-state index contributed by atoms with van der Waals surface area (Å²) in [6.07, 6.45) is 0. The molecule has 0 saturated carbocycles. The summed E-state index contributed by atoms with van der Waals surface area (Å²) in [5.74, 6) is 6.39. The number of hydrazine groups is 1. The lowest BCUT2D eigenvalue weighted by molar-refractivity contribution is 0.481. The van der Waals surface area contributed by atoms with Crippen LogP contribution in [0.4, 0.5) is 0 Å². The van der Waals surface area contributed by atoms with Gasteiger partial charge in [-0.15, -0.1) is 0 Å². The van der Waals surface area contributed by atoms with E-state index in [0.717, 1.165) is 0 Å². The number of nitrogens with one attached hydrogen (secondary N) is 2. The van der Waals surface area contributed by atoms with Crippen molar-refractivity contribution in [3.8, 4) is 0 Å². The maximum Gasteiger partial charge on any atom is 0.205 e. The quantitative estimate of drug-likeness (QED) is 0.231. The van der Waals surface area contributed by atoms with Crippen LogP contribution in [0.15, 0.2) is 4.99 Å². The predicted molar refractivity (Wildman–Crippen MR) is 48.1 cm³/mol. The number of nitrogens with two attached hydrogens (primary N) is 1. The van der Waals surface area contributed by atoms with Gasteiger partial charge in [-0.1, -0.05) is 13.8 Å². The molecule has 0 radical (unpaired) electrons. The Morgan fingerprint density at radius 2 is 1.91 bits per heavy atom. The van der Waals surface area contributed by atoms with Crippen LogP contribution in [0.3, 0.4) is 0 Å². The van der Waals surface area contributed by atoms with Gasteiger partial charge in [-0.25, -0.2) is 5.84 Å². The van der Waals surface area contributed by atoms with Gasteiger partial charge in [-0.3, -0.25) is 10.4 Å². The van der Waals surface area contributed by atoms with E-state index < -0.39 is 0 Å². The average Bonchev–Trinajstić information content (AvgIpc) is 1.99. The summed E-state index contributed by atoms with van der Waals surface area (Å²) in [4.78, 5) is 3.90. The Kier molecular flexibility index (Phi) is 4.61. The number of nitrogens with zero attached hydrogens (tertiary/aromatic N) is 1. The van der Waals surface area contributed by atoms with Crippen LogP contribution < -0.4 is 16.6 Å². The first-order chi connectivity index (χ1) is 5.11. The summed E-state index contributed by atoms with van der Waals surface area (Å²) in [6, 6.07) is 0.379. The first-order valence-corrected chi connectivity index (χ1v) is 3.81. The zero-order chi connectivity index (χ0) is 8.85. The van der Waals surface area contributed by atoms with Gasteiger partial charge in [-0.05, 0) is 12.8 Å². The molecule has 0 rings (SSSR count). The smallest absolute Gasteiger partial charge is 0.205 e. The van der Waals surface area contributed by atoms with Gasteiger partial charge in [0.2, 0.25) is 5.96 Å². The Balaban J connectivity index is 3.82. The van der Waals surface area contributed by atoms with Crippen LogP contribution in [0.25, 0.3) is 0 Å². The maximum atomic E-state index is 5.19. The molecule has 0 aromatic rings. The fourth-order valence-corrected chi connectivity index (χ4v) is 0.553. The van der Waals surface area contributed by atoms with Crippen LogP contribution >= 0.6 is 0 Å². The van der Waals surface area contributed by atoms with Crippen molar-refractivity contribution in [3.05, 3.63) is 0 Å². The Morgan fingerprint density at radius 3 is 2.18 bits per heavy atom. The highest BCUT2D eigenvalue weighted by molar-refractivity contribution is 5.79. The molecule has 0 bridgehead atoms. The highest BCUT2D eigenvalue weighted by Gasteiger charge is 2.06. The summed E-state index contributed by atoms with van der Waals surface area (Å²) in [5.41, 5.74) is 2.48. The van der Waals surface area contributed by atoms with Gasteiger partial charge in [0, 0.05) is 13.1 Å². The molecule has 66 valence electrons. The van der Waals surface area contributed by atoms with E-state index in [2.05, 4.69) is 36.5 Å². The van der Waals surface area contributed by atoms with Gasteiger partial charge in [0.05, 0.1) is 0 Å². The number of rotatable bonds is 2. The molecule has 4 nitrogen and oxygen atoms in total. The lowest BCUT2D eigenvalue weighted by Gasteiger charge is -2.18. The molecule has 0 spiro atoms. The molecule has 0 aliphatic heterocycles. The Bertz CT molecular complexity index is 130. The minimum atomic E-state index is 0.379. The first-order valence-electron chi connectivity index (χ1n) is 3.81. The molecule has 1 unspecified atom stereocenters. The lowest BCUT2D eigenvalue weighted by Crippen LogP contribution is -2.46. The largest absolute Gasteiger partial charge is 0.353 e. The third-order valence-corrected chi connectivity index (χ3v) is 1.72. The first kappa shape index (κ1) is 10.2. The van der Waals surface area contributed by atoms with Crippen LogP contribution in [-0.4, -0.2) is 19.0 Å². The van der Waals surface area contributed by atoms with Crippen LogP contribution in [0.1, 0.15) is 20.8 Å². The Hall–Kier alpha value is -0.770. The molecule has 4 N–H and O–H groups in total. The van der Waals surface area contributed by atoms with E-state index in [9.17, 15) is 0 Å². The van der Waals surface area contributed by atoms with Gasteiger partial charge in [-0.2, -0.15) is 0 Å². The summed E-state index contributed by atoms with van der Waals surface area (Å²) < 4.78 is 0. The van der Waals surface area contributed by atoms with Crippen molar-refractivity contribution >= 4 is 5.96 Å². The van der Waals surface area contributed by atoms with Crippen molar-refractivity contribution < 1.29 is 0 Å². The minimum absolute atomic E-state index is 0.379. The zero-order valence-corrected chi connectivity index (χ0v) is 7.68. The van der Waals surface area contributed by atoms with Gasteiger partial charge >= 0.3 is 0 Å². The number of hydrogen-bond donors (Lipinski definition) is 3. The second-order valence-corrected chi connectivity index (χ2v) is 2.89. The van der Waals surface area contributed by atoms with Crippen molar-refractivity contribution in [1.29, 1.82) is 0 Å². The van der Waals surface area contributed by atoms with Crippen LogP contribution in [0.2, 0.25) is 0 Å². The van der Waals surface area contributed by atoms with Crippen molar-refractivity contribution in [1.82, 2.24) is 10.7 Å². The standard InChI is InChI=1S/C7H18N4/c1-5(2)6(3)10-7(9-4)11-8/h5-6H,8H2,1-4H3,(H2,9,10,11). The average molecular weight is 158 g/mol. The van der Waals surface area contributed by atoms with Crippen LogP contribution in [0, 0.1) is 5.92 Å². The van der Waals surface area contributed by atoms with E-state index in [0.29, 0.717) is 17.9 Å². The number of hydrogen-bond acceptors (Lipinski definition) is 2. The maximum absolute atomic E-state index is 5.19. The Labute approximate surface area is 68.2 Å². The zero-order valence-electron chi connectivity index (χ0n) is 7.68. The molecule has 0 aliphatic carbocycles. The fourth-order valence-electron chi connectivity index (χ4n) is 0.553.